The third-order valence-electron chi connectivity index (χ3n) is 4.42. The van der Waals surface area contributed by atoms with Crippen molar-refractivity contribution in [1.29, 1.82) is 5.26 Å². The summed E-state index contributed by atoms with van der Waals surface area (Å²) in [5.41, 5.74) is 1.63. The van der Waals surface area contributed by atoms with E-state index < -0.39 is 5.54 Å². The predicted molar refractivity (Wildman–Crippen MR) is 94.4 cm³/mol. The summed E-state index contributed by atoms with van der Waals surface area (Å²) in [5.74, 6) is 0. The SMILES string of the molecule is N#CC1(Nc2ccccc2Cl)CCN(Cc2ccccc2)CC1. The number of piperidine rings is 1. The molecular weight excluding hydrogens is 306 g/mol. The van der Waals surface area contributed by atoms with E-state index in [0.717, 1.165) is 38.2 Å². The van der Waals surface area contributed by atoms with Crippen LogP contribution in [0, 0.1) is 11.3 Å². The minimum Gasteiger partial charge on any atom is -0.366 e. The van der Waals surface area contributed by atoms with Gasteiger partial charge in [-0.25, -0.2) is 0 Å². The predicted octanol–water partition coefficient (Wildman–Crippen LogP) is 4.31. The molecule has 1 heterocycles. The molecule has 1 aliphatic rings. The van der Waals surface area contributed by atoms with E-state index in [4.69, 9.17) is 11.6 Å². The smallest absolute Gasteiger partial charge is 0.127 e. The number of benzene rings is 2. The average Bonchev–Trinajstić information content (AvgIpc) is 2.60. The molecular formula is C19H20ClN3. The minimum atomic E-state index is -0.530. The first-order valence-corrected chi connectivity index (χ1v) is 8.29. The first kappa shape index (κ1) is 15.9. The highest BCUT2D eigenvalue weighted by molar-refractivity contribution is 6.33. The Balaban J connectivity index is 1.64. The topological polar surface area (TPSA) is 39.1 Å². The van der Waals surface area contributed by atoms with Crippen molar-refractivity contribution in [1.82, 2.24) is 4.90 Å². The third-order valence-corrected chi connectivity index (χ3v) is 4.75. The van der Waals surface area contributed by atoms with Crippen molar-refractivity contribution in [3.05, 3.63) is 65.2 Å². The van der Waals surface area contributed by atoms with E-state index in [0.29, 0.717) is 5.02 Å². The number of anilines is 1. The van der Waals surface area contributed by atoms with Gasteiger partial charge < -0.3 is 5.32 Å². The molecule has 0 spiro atoms. The lowest BCUT2D eigenvalue weighted by atomic mass is 9.88. The molecule has 0 radical (unpaired) electrons. The van der Waals surface area contributed by atoms with Gasteiger partial charge in [0.15, 0.2) is 0 Å². The Morgan fingerprint density at radius 2 is 1.70 bits per heavy atom. The molecule has 1 saturated heterocycles. The van der Waals surface area contributed by atoms with E-state index in [1.807, 2.05) is 30.3 Å². The van der Waals surface area contributed by atoms with Crippen LogP contribution in [0.15, 0.2) is 54.6 Å². The van der Waals surface area contributed by atoms with Crippen LogP contribution >= 0.6 is 11.6 Å². The van der Waals surface area contributed by atoms with E-state index in [2.05, 4.69) is 40.6 Å². The van der Waals surface area contributed by atoms with Crippen LogP contribution in [0.3, 0.4) is 0 Å². The zero-order valence-electron chi connectivity index (χ0n) is 13.0. The molecule has 0 aliphatic carbocycles. The van der Waals surface area contributed by atoms with Crippen molar-refractivity contribution >= 4 is 17.3 Å². The summed E-state index contributed by atoms with van der Waals surface area (Å²) in [4.78, 5) is 2.40. The lowest BCUT2D eigenvalue weighted by molar-refractivity contribution is 0.189. The summed E-state index contributed by atoms with van der Waals surface area (Å²) in [7, 11) is 0. The van der Waals surface area contributed by atoms with Gasteiger partial charge in [0.1, 0.15) is 5.54 Å². The molecule has 1 N–H and O–H groups in total. The number of para-hydroxylation sites is 1. The Labute approximate surface area is 142 Å². The summed E-state index contributed by atoms with van der Waals surface area (Å²) in [6, 6.07) is 20.6. The molecule has 0 aromatic heterocycles. The highest BCUT2D eigenvalue weighted by Gasteiger charge is 2.35. The Bertz CT molecular complexity index is 685. The maximum Gasteiger partial charge on any atom is 0.127 e. The lowest BCUT2D eigenvalue weighted by Gasteiger charge is -2.38. The zero-order valence-corrected chi connectivity index (χ0v) is 13.8. The number of nitrogens with zero attached hydrogens (tertiary/aromatic N) is 2. The average molecular weight is 326 g/mol. The number of likely N-dealkylation sites (tertiary alicyclic amines) is 1. The molecule has 1 fully saturated rings. The fourth-order valence-electron chi connectivity index (χ4n) is 3.02. The summed E-state index contributed by atoms with van der Waals surface area (Å²) in [6.07, 6.45) is 1.59. The number of hydrogen-bond acceptors (Lipinski definition) is 3. The second-order valence-electron chi connectivity index (χ2n) is 6.06. The Morgan fingerprint density at radius 3 is 2.35 bits per heavy atom. The zero-order chi connectivity index (χ0) is 16.1. The summed E-state index contributed by atoms with van der Waals surface area (Å²) < 4.78 is 0. The van der Waals surface area contributed by atoms with Gasteiger partial charge in [0.05, 0.1) is 16.8 Å². The van der Waals surface area contributed by atoms with Crippen LogP contribution in [0.5, 0.6) is 0 Å². The van der Waals surface area contributed by atoms with Crippen LogP contribution in [-0.2, 0) is 6.54 Å². The van der Waals surface area contributed by atoms with Crippen molar-refractivity contribution in [2.24, 2.45) is 0 Å². The van der Waals surface area contributed by atoms with Gasteiger partial charge in [0.25, 0.3) is 0 Å². The largest absolute Gasteiger partial charge is 0.366 e. The molecule has 23 heavy (non-hydrogen) atoms. The van der Waals surface area contributed by atoms with Gasteiger partial charge in [-0.15, -0.1) is 0 Å². The Kier molecular flexibility index (Phi) is 4.85. The van der Waals surface area contributed by atoms with Crippen LogP contribution in [0.4, 0.5) is 5.69 Å². The third kappa shape index (κ3) is 3.85. The molecule has 2 aromatic rings. The minimum absolute atomic E-state index is 0.530. The Hall–Kier alpha value is -2.02. The van der Waals surface area contributed by atoms with Crippen molar-refractivity contribution in [3.63, 3.8) is 0 Å². The maximum atomic E-state index is 9.70. The highest BCUT2D eigenvalue weighted by atomic mass is 35.5. The molecule has 4 heteroatoms. The molecule has 1 aliphatic heterocycles. The molecule has 0 bridgehead atoms. The number of hydrogen-bond donors (Lipinski definition) is 1. The van der Waals surface area contributed by atoms with Gasteiger partial charge >= 0.3 is 0 Å². The van der Waals surface area contributed by atoms with E-state index in [1.54, 1.807) is 0 Å². The van der Waals surface area contributed by atoms with Gasteiger partial charge in [-0.05, 0) is 30.5 Å². The monoisotopic (exact) mass is 325 g/mol. The van der Waals surface area contributed by atoms with Crippen LogP contribution < -0.4 is 5.32 Å². The molecule has 3 rings (SSSR count). The van der Waals surface area contributed by atoms with Crippen molar-refractivity contribution in [2.75, 3.05) is 18.4 Å². The van der Waals surface area contributed by atoms with Gasteiger partial charge in [-0.3, -0.25) is 4.90 Å². The first-order valence-electron chi connectivity index (χ1n) is 7.91. The molecule has 3 nitrogen and oxygen atoms in total. The molecule has 0 saturated carbocycles. The van der Waals surface area contributed by atoms with Crippen LogP contribution in [0.25, 0.3) is 0 Å². The van der Waals surface area contributed by atoms with Crippen LogP contribution in [0.2, 0.25) is 5.02 Å². The van der Waals surface area contributed by atoms with Gasteiger partial charge in [-0.1, -0.05) is 54.1 Å². The maximum absolute atomic E-state index is 9.70. The van der Waals surface area contributed by atoms with Gasteiger partial charge in [0, 0.05) is 19.6 Å². The van der Waals surface area contributed by atoms with Crippen LogP contribution in [0.1, 0.15) is 18.4 Å². The van der Waals surface area contributed by atoms with Gasteiger partial charge in [-0.2, -0.15) is 5.26 Å². The molecule has 118 valence electrons. The van der Waals surface area contributed by atoms with Crippen molar-refractivity contribution < 1.29 is 0 Å². The fraction of sp³-hybridized carbons (Fsp3) is 0.316. The fourth-order valence-corrected chi connectivity index (χ4v) is 3.20. The summed E-state index contributed by atoms with van der Waals surface area (Å²) >= 11 is 6.22. The standard InChI is InChI=1S/C19H20ClN3/c20-17-8-4-5-9-18(17)22-19(15-21)10-12-23(13-11-19)14-16-6-2-1-3-7-16/h1-9,22H,10-14H2. The second kappa shape index (κ2) is 7.04. The normalized spacial score (nSPS) is 17.4. The van der Waals surface area contributed by atoms with E-state index in [-0.39, 0.29) is 0 Å². The lowest BCUT2D eigenvalue weighted by Crippen LogP contribution is -2.48. The van der Waals surface area contributed by atoms with E-state index in [1.165, 1.54) is 5.56 Å². The first-order chi connectivity index (χ1) is 11.2. The molecule has 0 unspecified atom stereocenters. The van der Waals surface area contributed by atoms with Crippen LogP contribution in [-0.4, -0.2) is 23.5 Å². The molecule has 0 atom stereocenters. The number of halogens is 1. The number of nitriles is 1. The summed E-state index contributed by atoms with van der Waals surface area (Å²) in [6.45, 7) is 2.74. The van der Waals surface area contributed by atoms with E-state index >= 15 is 0 Å². The Morgan fingerprint density at radius 1 is 1.04 bits per heavy atom. The van der Waals surface area contributed by atoms with Gasteiger partial charge in [0.2, 0.25) is 0 Å². The van der Waals surface area contributed by atoms with Crippen molar-refractivity contribution in [2.45, 2.75) is 24.9 Å². The summed E-state index contributed by atoms with van der Waals surface area (Å²) in [5, 5.41) is 13.7. The number of nitrogens with one attached hydrogen (secondary N) is 1. The second-order valence-corrected chi connectivity index (χ2v) is 6.47. The highest BCUT2D eigenvalue weighted by Crippen LogP contribution is 2.30. The molecule has 0 amide bonds. The van der Waals surface area contributed by atoms with E-state index in [9.17, 15) is 5.26 Å². The number of rotatable bonds is 4. The van der Waals surface area contributed by atoms with Crippen molar-refractivity contribution in [3.8, 4) is 6.07 Å². The molecule has 2 aromatic carbocycles. The quantitative estimate of drug-likeness (QED) is 0.910.